The zero-order valence-corrected chi connectivity index (χ0v) is 9.27. The highest BCUT2D eigenvalue weighted by molar-refractivity contribution is 5.97. The summed E-state index contributed by atoms with van der Waals surface area (Å²) < 4.78 is 0. The highest BCUT2D eigenvalue weighted by Gasteiger charge is 2.19. The quantitative estimate of drug-likeness (QED) is 0.411. The van der Waals surface area contributed by atoms with Crippen molar-refractivity contribution in [1.82, 2.24) is 0 Å². The summed E-state index contributed by atoms with van der Waals surface area (Å²) in [5, 5.41) is 2.48. The van der Waals surface area contributed by atoms with E-state index in [4.69, 9.17) is 0 Å². The minimum Gasteiger partial charge on any atom is -0.0619 e. The summed E-state index contributed by atoms with van der Waals surface area (Å²) in [6.45, 7) is 0. The molecule has 3 aromatic carbocycles. The van der Waals surface area contributed by atoms with Gasteiger partial charge in [-0.1, -0.05) is 48.5 Å². The van der Waals surface area contributed by atoms with Gasteiger partial charge in [-0.25, -0.2) is 0 Å². The van der Waals surface area contributed by atoms with Crippen LogP contribution in [0.1, 0.15) is 11.1 Å². The third kappa shape index (κ3) is 1.18. The highest BCUT2D eigenvalue weighted by Crippen LogP contribution is 2.40. The molecule has 0 aromatic heterocycles. The average molecular weight is 214 g/mol. The summed E-state index contributed by atoms with van der Waals surface area (Å²) in [6.07, 6.45) is 2.28. The van der Waals surface area contributed by atoms with Crippen LogP contribution in [0.5, 0.6) is 0 Å². The Bertz CT molecular complexity index is 723. The molecule has 0 heteroatoms. The SMILES string of the molecule is [c]1cc2c(c3ccccc13)[CH]c1ccccc1-2. The average Bonchev–Trinajstić information content (AvgIpc) is 2.78. The molecular formula is C17H10. The maximum absolute atomic E-state index is 3.37. The van der Waals surface area contributed by atoms with Gasteiger partial charge in [0.15, 0.2) is 0 Å². The first kappa shape index (κ1) is 9.00. The van der Waals surface area contributed by atoms with Crippen LogP contribution >= 0.6 is 0 Å². The van der Waals surface area contributed by atoms with Crippen LogP contribution < -0.4 is 0 Å². The van der Waals surface area contributed by atoms with E-state index >= 15 is 0 Å². The second-order valence-corrected chi connectivity index (χ2v) is 4.39. The summed E-state index contributed by atoms with van der Waals surface area (Å²) in [5.41, 5.74) is 5.27. The molecule has 0 saturated carbocycles. The van der Waals surface area contributed by atoms with E-state index in [-0.39, 0.29) is 0 Å². The van der Waals surface area contributed by atoms with Gasteiger partial charge in [0.05, 0.1) is 0 Å². The third-order valence-electron chi connectivity index (χ3n) is 3.43. The van der Waals surface area contributed by atoms with Gasteiger partial charge in [0.1, 0.15) is 0 Å². The van der Waals surface area contributed by atoms with Crippen molar-refractivity contribution in [1.29, 1.82) is 0 Å². The first-order valence-corrected chi connectivity index (χ1v) is 5.81. The lowest BCUT2D eigenvalue weighted by molar-refractivity contribution is 1.57. The van der Waals surface area contributed by atoms with Crippen molar-refractivity contribution >= 4 is 10.8 Å². The lowest BCUT2D eigenvalue weighted by atomic mass is 9.99. The van der Waals surface area contributed by atoms with E-state index in [2.05, 4.69) is 67.1 Å². The maximum Gasteiger partial charge on any atom is 0.0218 e. The van der Waals surface area contributed by atoms with Crippen molar-refractivity contribution in [3.05, 3.63) is 78.2 Å². The highest BCUT2D eigenvalue weighted by atomic mass is 14.2. The number of benzene rings is 3. The van der Waals surface area contributed by atoms with Crippen LogP contribution in [-0.4, -0.2) is 0 Å². The molecule has 0 heterocycles. The predicted molar refractivity (Wildman–Crippen MR) is 70.7 cm³/mol. The van der Waals surface area contributed by atoms with Crippen LogP contribution in [0.4, 0.5) is 0 Å². The standard InChI is InChI=1S/C17H10/c1-3-7-14-12(5-1)9-10-16-15-8-4-2-6-13(15)11-17(14)16/h1-8,10-11H. The first-order valence-electron chi connectivity index (χ1n) is 5.81. The van der Waals surface area contributed by atoms with Crippen LogP contribution in [0.15, 0.2) is 54.6 Å². The fraction of sp³-hybridized carbons (Fsp3) is 0. The molecule has 0 saturated heterocycles. The lowest BCUT2D eigenvalue weighted by Gasteiger charge is -2.04. The molecule has 4 rings (SSSR count). The summed E-state index contributed by atoms with van der Waals surface area (Å²) in [7, 11) is 0. The minimum atomic E-state index is 1.19. The molecule has 0 fully saturated rings. The summed E-state index contributed by atoms with van der Waals surface area (Å²) >= 11 is 0. The zero-order chi connectivity index (χ0) is 11.2. The van der Waals surface area contributed by atoms with Gasteiger partial charge in [-0.15, -0.1) is 0 Å². The molecular weight excluding hydrogens is 204 g/mol. The van der Waals surface area contributed by atoms with Crippen LogP contribution in [-0.2, 0) is 0 Å². The van der Waals surface area contributed by atoms with Crippen molar-refractivity contribution in [2.24, 2.45) is 0 Å². The summed E-state index contributed by atoms with van der Waals surface area (Å²) in [5.74, 6) is 0. The molecule has 0 nitrogen and oxygen atoms in total. The zero-order valence-electron chi connectivity index (χ0n) is 9.27. The molecule has 78 valence electrons. The van der Waals surface area contributed by atoms with E-state index in [1.807, 2.05) is 0 Å². The summed E-state index contributed by atoms with van der Waals surface area (Å²) in [4.78, 5) is 0. The number of hydrogen-bond donors (Lipinski definition) is 0. The van der Waals surface area contributed by atoms with Gasteiger partial charge < -0.3 is 0 Å². The number of rotatable bonds is 0. The van der Waals surface area contributed by atoms with Crippen molar-refractivity contribution in [3.63, 3.8) is 0 Å². The molecule has 0 N–H and O–H groups in total. The molecule has 17 heavy (non-hydrogen) atoms. The fourth-order valence-corrected chi connectivity index (χ4v) is 2.62. The topological polar surface area (TPSA) is 0 Å². The monoisotopic (exact) mass is 214 g/mol. The van der Waals surface area contributed by atoms with Gasteiger partial charge in [-0.3, -0.25) is 0 Å². The normalized spacial score (nSPS) is 12.5. The van der Waals surface area contributed by atoms with Gasteiger partial charge >= 0.3 is 0 Å². The van der Waals surface area contributed by atoms with Gasteiger partial charge in [0.2, 0.25) is 0 Å². The molecule has 0 spiro atoms. The molecule has 2 radical (unpaired) electrons. The molecule has 0 amide bonds. The Hall–Kier alpha value is -2.08. The summed E-state index contributed by atoms with van der Waals surface area (Å²) in [6, 6.07) is 22.5. The van der Waals surface area contributed by atoms with E-state index in [0.29, 0.717) is 0 Å². The minimum absolute atomic E-state index is 1.19. The molecule has 3 aromatic rings. The molecule has 1 aliphatic carbocycles. The largest absolute Gasteiger partial charge is 0.0619 e. The van der Waals surface area contributed by atoms with Crippen LogP contribution in [0.3, 0.4) is 0 Å². The molecule has 0 atom stereocenters. The van der Waals surface area contributed by atoms with E-state index < -0.39 is 0 Å². The Labute approximate surface area is 101 Å². The lowest BCUT2D eigenvalue weighted by Crippen LogP contribution is -1.82. The van der Waals surface area contributed by atoms with Crippen LogP contribution in [0, 0.1) is 12.5 Å². The fourth-order valence-electron chi connectivity index (χ4n) is 2.62. The van der Waals surface area contributed by atoms with E-state index in [0.717, 1.165) is 0 Å². The van der Waals surface area contributed by atoms with Crippen molar-refractivity contribution < 1.29 is 0 Å². The smallest absolute Gasteiger partial charge is 0.0218 e. The Morgan fingerprint density at radius 3 is 2.59 bits per heavy atom. The number of fused-ring (bicyclic) bond motifs is 5. The van der Waals surface area contributed by atoms with E-state index in [9.17, 15) is 0 Å². The van der Waals surface area contributed by atoms with Gasteiger partial charge in [-0.2, -0.15) is 0 Å². The van der Waals surface area contributed by atoms with E-state index in [1.165, 1.54) is 33.0 Å². The Morgan fingerprint density at radius 2 is 1.59 bits per heavy atom. The molecule has 0 aliphatic heterocycles. The van der Waals surface area contributed by atoms with Crippen LogP contribution in [0.2, 0.25) is 0 Å². The van der Waals surface area contributed by atoms with Gasteiger partial charge in [0.25, 0.3) is 0 Å². The maximum atomic E-state index is 3.37. The van der Waals surface area contributed by atoms with Crippen molar-refractivity contribution in [2.45, 2.75) is 0 Å². The molecule has 0 unspecified atom stereocenters. The van der Waals surface area contributed by atoms with Crippen molar-refractivity contribution in [2.75, 3.05) is 0 Å². The van der Waals surface area contributed by atoms with E-state index in [1.54, 1.807) is 0 Å². The second kappa shape index (κ2) is 3.21. The van der Waals surface area contributed by atoms with Gasteiger partial charge in [-0.05, 0) is 45.2 Å². The van der Waals surface area contributed by atoms with Crippen molar-refractivity contribution in [3.8, 4) is 11.1 Å². The Morgan fingerprint density at radius 1 is 0.765 bits per heavy atom. The third-order valence-corrected chi connectivity index (χ3v) is 3.43. The molecule has 1 aliphatic rings. The Balaban J connectivity index is 2.11. The number of hydrogen-bond acceptors (Lipinski definition) is 0. The molecule has 0 bridgehead atoms. The Kier molecular flexibility index (Phi) is 1.70. The predicted octanol–water partition coefficient (Wildman–Crippen LogP) is 4.22. The second-order valence-electron chi connectivity index (χ2n) is 4.39. The van der Waals surface area contributed by atoms with Crippen LogP contribution in [0.25, 0.3) is 21.9 Å². The first-order chi connectivity index (χ1) is 8.43. The van der Waals surface area contributed by atoms with Gasteiger partial charge in [0, 0.05) is 6.42 Å².